The number of hydrogen-bond acceptors (Lipinski definition) is 2. The Morgan fingerprint density at radius 3 is 2.58 bits per heavy atom. The molecule has 0 aliphatic carbocycles. The summed E-state index contributed by atoms with van der Waals surface area (Å²) in [5, 5.41) is 0. The molecule has 0 radical (unpaired) electrons. The Morgan fingerprint density at radius 1 is 1.42 bits per heavy atom. The molecule has 0 atom stereocenters. The maximum absolute atomic E-state index is 5.32. The third-order valence-corrected chi connectivity index (χ3v) is 2.04. The van der Waals surface area contributed by atoms with E-state index in [-0.39, 0.29) is 5.60 Å². The molecule has 0 N–H and O–H groups in total. The summed E-state index contributed by atoms with van der Waals surface area (Å²) in [4.78, 5) is 4.26. The van der Waals surface area contributed by atoms with Gasteiger partial charge in [0, 0.05) is 13.3 Å². The summed E-state index contributed by atoms with van der Waals surface area (Å²) in [5.41, 5.74) is 1.90. The minimum absolute atomic E-state index is 0.286. The van der Waals surface area contributed by atoms with Gasteiger partial charge < -0.3 is 4.74 Å². The van der Waals surface area contributed by atoms with Crippen molar-refractivity contribution in [2.45, 2.75) is 26.4 Å². The van der Waals surface area contributed by atoms with Crippen molar-refractivity contribution < 1.29 is 4.74 Å². The third kappa shape index (κ3) is 1.83. The number of rotatable bonds is 2. The molecule has 1 aromatic rings. The standard InChI is InChI=1S/C10H15NO/c1-8-5-6-11-9(7-8)10(2,3)12-4/h5-7H,1-4H3. The highest BCUT2D eigenvalue weighted by atomic mass is 16.5. The zero-order valence-corrected chi connectivity index (χ0v) is 8.09. The molecule has 1 heterocycles. The highest BCUT2D eigenvalue weighted by Gasteiger charge is 2.20. The van der Waals surface area contributed by atoms with Crippen LogP contribution in [-0.4, -0.2) is 12.1 Å². The Bertz CT molecular complexity index is 268. The zero-order chi connectivity index (χ0) is 9.19. The molecule has 0 amide bonds. The highest BCUT2D eigenvalue weighted by molar-refractivity contribution is 5.18. The third-order valence-electron chi connectivity index (χ3n) is 2.04. The summed E-state index contributed by atoms with van der Waals surface area (Å²) >= 11 is 0. The summed E-state index contributed by atoms with van der Waals surface area (Å²) in [5.74, 6) is 0. The molecule has 0 bridgehead atoms. The molecule has 0 spiro atoms. The first-order valence-electron chi connectivity index (χ1n) is 4.04. The lowest BCUT2D eigenvalue weighted by Gasteiger charge is -2.22. The molecule has 0 saturated heterocycles. The minimum Gasteiger partial charge on any atom is -0.373 e. The Kier molecular flexibility index (Phi) is 2.48. The predicted octanol–water partition coefficient (Wildman–Crippen LogP) is 2.27. The van der Waals surface area contributed by atoms with Crippen LogP contribution in [0, 0.1) is 6.92 Å². The van der Waals surface area contributed by atoms with Gasteiger partial charge >= 0.3 is 0 Å². The van der Waals surface area contributed by atoms with Crippen LogP contribution in [0.5, 0.6) is 0 Å². The normalized spacial score (nSPS) is 11.7. The Hall–Kier alpha value is -0.890. The van der Waals surface area contributed by atoms with Crippen LogP contribution in [0.2, 0.25) is 0 Å². The molecule has 0 aliphatic heterocycles. The van der Waals surface area contributed by atoms with Crippen molar-refractivity contribution in [1.29, 1.82) is 0 Å². The molecule has 0 saturated carbocycles. The number of methoxy groups -OCH3 is 1. The van der Waals surface area contributed by atoms with E-state index in [1.54, 1.807) is 7.11 Å². The lowest BCUT2D eigenvalue weighted by molar-refractivity contribution is 0.0154. The van der Waals surface area contributed by atoms with E-state index in [0.717, 1.165) is 5.69 Å². The molecule has 1 aromatic heterocycles. The van der Waals surface area contributed by atoms with E-state index in [2.05, 4.69) is 11.9 Å². The van der Waals surface area contributed by atoms with E-state index in [4.69, 9.17) is 4.74 Å². The van der Waals surface area contributed by atoms with Gasteiger partial charge in [0.05, 0.1) is 5.69 Å². The summed E-state index contributed by atoms with van der Waals surface area (Å²) < 4.78 is 5.32. The molecule has 0 unspecified atom stereocenters. The summed E-state index contributed by atoms with van der Waals surface area (Å²) in [6.45, 7) is 6.07. The lowest BCUT2D eigenvalue weighted by Crippen LogP contribution is -2.20. The van der Waals surface area contributed by atoms with E-state index in [9.17, 15) is 0 Å². The van der Waals surface area contributed by atoms with Crippen LogP contribution in [0.4, 0.5) is 0 Å². The molecule has 2 nitrogen and oxygen atoms in total. The zero-order valence-electron chi connectivity index (χ0n) is 8.09. The average Bonchev–Trinajstić information content (AvgIpc) is 2.05. The fraction of sp³-hybridized carbons (Fsp3) is 0.500. The van der Waals surface area contributed by atoms with Crippen molar-refractivity contribution in [1.82, 2.24) is 4.98 Å². The average molecular weight is 165 g/mol. The molecule has 0 aliphatic rings. The first-order valence-corrected chi connectivity index (χ1v) is 4.04. The van der Waals surface area contributed by atoms with Crippen LogP contribution in [0.3, 0.4) is 0 Å². The van der Waals surface area contributed by atoms with Crippen LogP contribution in [-0.2, 0) is 10.3 Å². The van der Waals surface area contributed by atoms with Gasteiger partial charge in [0.1, 0.15) is 5.60 Å². The van der Waals surface area contributed by atoms with Crippen molar-refractivity contribution >= 4 is 0 Å². The van der Waals surface area contributed by atoms with Gasteiger partial charge in [-0.15, -0.1) is 0 Å². The van der Waals surface area contributed by atoms with Gasteiger partial charge in [-0.05, 0) is 38.5 Å². The van der Waals surface area contributed by atoms with Crippen molar-refractivity contribution in [3.63, 3.8) is 0 Å². The van der Waals surface area contributed by atoms with Crippen LogP contribution >= 0.6 is 0 Å². The predicted molar refractivity (Wildman–Crippen MR) is 49.0 cm³/mol. The van der Waals surface area contributed by atoms with Gasteiger partial charge in [-0.3, -0.25) is 4.98 Å². The number of nitrogens with zero attached hydrogens (tertiary/aromatic N) is 1. The number of ether oxygens (including phenoxy) is 1. The van der Waals surface area contributed by atoms with Gasteiger partial charge in [0.15, 0.2) is 0 Å². The second kappa shape index (κ2) is 3.23. The maximum atomic E-state index is 5.32. The monoisotopic (exact) mass is 165 g/mol. The number of aryl methyl sites for hydroxylation is 1. The lowest BCUT2D eigenvalue weighted by atomic mass is 10.0. The second-order valence-electron chi connectivity index (χ2n) is 3.43. The Labute approximate surface area is 73.6 Å². The minimum atomic E-state index is -0.286. The largest absolute Gasteiger partial charge is 0.373 e. The van der Waals surface area contributed by atoms with Gasteiger partial charge in [-0.25, -0.2) is 0 Å². The van der Waals surface area contributed by atoms with E-state index >= 15 is 0 Å². The van der Waals surface area contributed by atoms with E-state index in [1.807, 2.05) is 32.2 Å². The highest BCUT2D eigenvalue weighted by Crippen LogP contribution is 2.21. The van der Waals surface area contributed by atoms with Crippen LogP contribution < -0.4 is 0 Å². The van der Waals surface area contributed by atoms with Crippen molar-refractivity contribution in [2.75, 3.05) is 7.11 Å². The Morgan fingerprint density at radius 2 is 2.08 bits per heavy atom. The second-order valence-corrected chi connectivity index (χ2v) is 3.43. The van der Waals surface area contributed by atoms with E-state index < -0.39 is 0 Å². The van der Waals surface area contributed by atoms with E-state index in [0.29, 0.717) is 0 Å². The van der Waals surface area contributed by atoms with Crippen molar-refractivity contribution in [3.8, 4) is 0 Å². The molecule has 12 heavy (non-hydrogen) atoms. The fourth-order valence-corrected chi connectivity index (χ4v) is 0.970. The van der Waals surface area contributed by atoms with Crippen molar-refractivity contribution in [2.24, 2.45) is 0 Å². The molecule has 66 valence electrons. The van der Waals surface area contributed by atoms with Gasteiger partial charge in [0.25, 0.3) is 0 Å². The Balaban J connectivity index is 3.03. The molecule has 0 aromatic carbocycles. The molecular formula is C10H15NO. The van der Waals surface area contributed by atoms with Gasteiger partial charge in [0.2, 0.25) is 0 Å². The molecule has 0 fully saturated rings. The molecular weight excluding hydrogens is 150 g/mol. The SMILES string of the molecule is COC(C)(C)c1cc(C)ccn1. The number of aromatic nitrogens is 1. The smallest absolute Gasteiger partial charge is 0.104 e. The summed E-state index contributed by atoms with van der Waals surface area (Å²) in [6.07, 6.45) is 1.81. The number of hydrogen-bond donors (Lipinski definition) is 0. The summed E-state index contributed by atoms with van der Waals surface area (Å²) in [6, 6.07) is 4.03. The topological polar surface area (TPSA) is 22.1 Å². The van der Waals surface area contributed by atoms with Gasteiger partial charge in [-0.2, -0.15) is 0 Å². The van der Waals surface area contributed by atoms with Crippen LogP contribution in [0.15, 0.2) is 18.3 Å². The maximum Gasteiger partial charge on any atom is 0.104 e. The van der Waals surface area contributed by atoms with Crippen molar-refractivity contribution in [3.05, 3.63) is 29.6 Å². The first-order chi connectivity index (χ1) is 5.56. The quantitative estimate of drug-likeness (QED) is 0.670. The molecule has 1 rings (SSSR count). The van der Waals surface area contributed by atoms with Crippen LogP contribution in [0.1, 0.15) is 25.1 Å². The van der Waals surface area contributed by atoms with E-state index in [1.165, 1.54) is 5.56 Å². The first kappa shape index (κ1) is 9.20. The fourth-order valence-electron chi connectivity index (χ4n) is 0.970. The van der Waals surface area contributed by atoms with Crippen LogP contribution in [0.25, 0.3) is 0 Å². The number of pyridine rings is 1. The summed E-state index contributed by atoms with van der Waals surface area (Å²) in [7, 11) is 1.70. The van der Waals surface area contributed by atoms with Gasteiger partial charge in [-0.1, -0.05) is 0 Å². The molecule has 2 heteroatoms.